The maximum Gasteiger partial charge on any atom is 0.671 e. The Labute approximate surface area is 375 Å². The molecule has 4 radical (unpaired) electrons. The molecule has 0 spiro atoms. The van der Waals surface area contributed by atoms with Crippen LogP contribution in [0.1, 0.15) is 24.3 Å². The molecule has 1 aromatic carbocycles. The SMILES string of the molecule is CO[Si](CCCNC(=O)C(C(=O)NCCC[Si](O[Si]O[Si](OC)(OC)OC)(O[Si]O[Si](OC)(OC)OC)O[Si](OC)(OC)OC)c1ccccc1)(O[Si](C)(C)C)O[Si](C)(C)C. The Morgan fingerprint density at radius 3 is 1.18 bits per heavy atom. The molecular formula is C31H68N2O19Si9. The van der Waals surface area contributed by atoms with Crippen LogP contribution in [-0.4, -0.2) is 177 Å². The first-order valence-corrected chi connectivity index (χ1v) is 36.3. The molecule has 1 rings (SSSR count). The summed E-state index contributed by atoms with van der Waals surface area (Å²) < 4.78 is 98.8. The quantitative estimate of drug-likeness (QED) is 0.0567. The minimum atomic E-state index is -4.11. The highest BCUT2D eigenvalue weighted by Crippen LogP contribution is 2.28. The van der Waals surface area contributed by atoms with E-state index in [-0.39, 0.29) is 25.6 Å². The normalized spacial score (nSPS) is 14.0. The number of rotatable bonds is 35. The first-order valence-electron chi connectivity index (χ1n) is 19.1. The molecule has 0 aliphatic carbocycles. The van der Waals surface area contributed by atoms with Gasteiger partial charge in [-0.25, -0.2) is 0 Å². The molecule has 352 valence electrons. The van der Waals surface area contributed by atoms with Gasteiger partial charge < -0.3 is 83.7 Å². The van der Waals surface area contributed by atoms with E-state index in [9.17, 15) is 9.59 Å². The van der Waals surface area contributed by atoms with Crippen LogP contribution in [0.3, 0.4) is 0 Å². The average molecular weight is 1030 g/mol. The van der Waals surface area contributed by atoms with Crippen LogP contribution in [-0.2, 0) is 82.7 Å². The van der Waals surface area contributed by atoms with Gasteiger partial charge >= 0.3 is 64.8 Å². The van der Waals surface area contributed by atoms with Gasteiger partial charge in [-0.15, -0.1) is 0 Å². The molecule has 0 fully saturated rings. The highest BCUT2D eigenvalue weighted by Gasteiger charge is 2.57. The van der Waals surface area contributed by atoms with Crippen LogP contribution in [0, 0.1) is 0 Å². The lowest BCUT2D eigenvalue weighted by Crippen LogP contribution is -2.61. The Morgan fingerprint density at radius 1 is 0.492 bits per heavy atom. The number of amides is 2. The van der Waals surface area contributed by atoms with E-state index < -0.39 is 99.1 Å². The highest BCUT2D eigenvalue weighted by molar-refractivity contribution is 6.85. The number of nitrogens with one attached hydrogen (secondary N) is 2. The first-order chi connectivity index (χ1) is 28.6. The third-order valence-corrected chi connectivity index (χ3v) is 30.6. The van der Waals surface area contributed by atoms with Gasteiger partial charge in [0, 0.05) is 96.3 Å². The summed E-state index contributed by atoms with van der Waals surface area (Å²) in [5.74, 6) is -2.17. The Bertz CT molecular complexity index is 1330. The molecule has 30 heteroatoms. The number of benzene rings is 1. The van der Waals surface area contributed by atoms with Gasteiger partial charge in [0.25, 0.3) is 0 Å². The second-order valence-electron chi connectivity index (χ2n) is 14.6. The zero-order valence-electron chi connectivity index (χ0n) is 38.5. The lowest BCUT2D eigenvalue weighted by atomic mass is 9.97. The number of hydrogen-bond acceptors (Lipinski definition) is 19. The van der Waals surface area contributed by atoms with Gasteiger partial charge in [-0.1, -0.05) is 30.3 Å². The zero-order valence-corrected chi connectivity index (χ0v) is 47.5. The van der Waals surface area contributed by atoms with E-state index in [1.165, 1.54) is 64.0 Å². The summed E-state index contributed by atoms with van der Waals surface area (Å²) in [6.07, 6.45) is 0.713. The summed E-state index contributed by atoms with van der Waals surface area (Å²) in [5.41, 5.74) is 0.512. The standard InChI is InChI=1S/C31H68N2O19Si9/c1-36-57(50-55(11,12)13,51-56(14,15)16)26-20-24-32-30(34)29(28-22-18-17-19-23-28)31(35)33-25-21-27-58(52-61(43-8,44-9)45-10,46-53-48-59(37-2,38-3)39-4)47-54-49-60(40-5,41-6)42-7/h17-19,22-23,29H,20-21,24-27H2,1-16H3,(H,32,34)(H,33,35). The molecule has 0 saturated heterocycles. The Hall–Kier alpha value is -0.568. The molecule has 21 nitrogen and oxygen atoms in total. The van der Waals surface area contributed by atoms with Crippen molar-refractivity contribution < 1.29 is 82.7 Å². The van der Waals surface area contributed by atoms with Gasteiger partial charge in [0.2, 0.25) is 11.8 Å². The Morgan fingerprint density at radius 2 is 0.852 bits per heavy atom. The summed E-state index contributed by atoms with van der Waals surface area (Å²) >= 11 is 0. The summed E-state index contributed by atoms with van der Waals surface area (Å²) in [6.45, 7) is 12.9. The molecule has 2 N–H and O–H groups in total. The van der Waals surface area contributed by atoms with E-state index in [1.807, 2.05) is 6.07 Å². The van der Waals surface area contributed by atoms with Crippen molar-refractivity contribution in [3.8, 4) is 0 Å². The van der Waals surface area contributed by atoms with Gasteiger partial charge in [0.05, 0.1) is 0 Å². The summed E-state index contributed by atoms with van der Waals surface area (Å²) in [7, 11) is -10.1. The molecule has 1 unspecified atom stereocenters. The second kappa shape index (κ2) is 27.8. The smallest absolute Gasteiger partial charge is 0.416 e. The van der Waals surface area contributed by atoms with Gasteiger partial charge in [0.1, 0.15) is 5.92 Å². The lowest BCUT2D eigenvalue weighted by Gasteiger charge is -2.38. The minimum Gasteiger partial charge on any atom is -0.416 e. The van der Waals surface area contributed by atoms with Crippen LogP contribution in [0.15, 0.2) is 30.3 Å². The van der Waals surface area contributed by atoms with Crippen LogP contribution in [0.25, 0.3) is 0 Å². The van der Waals surface area contributed by atoms with Crippen LogP contribution >= 0.6 is 0 Å². The summed E-state index contributed by atoms with van der Waals surface area (Å²) in [6, 6.07) is 9.31. The molecule has 0 aliphatic heterocycles. The van der Waals surface area contributed by atoms with Crippen LogP contribution in [0.4, 0.5) is 0 Å². The Kier molecular flexibility index (Phi) is 26.6. The average Bonchev–Trinajstić information content (AvgIpc) is 3.23. The van der Waals surface area contributed by atoms with Crippen molar-refractivity contribution in [1.82, 2.24) is 10.6 Å². The van der Waals surface area contributed by atoms with Crippen molar-refractivity contribution in [3.63, 3.8) is 0 Å². The van der Waals surface area contributed by atoms with E-state index >= 15 is 0 Å². The summed E-state index contributed by atoms with van der Waals surface area (Å²) in [5, 5.41) is 5.85. The molecule has 61 heavy (non-hydrogen) atoms. The fourth-order valence-electron chi connectivity index (χ4n) is 5.35. The predicted octanol–water partition coefficient (Wildman–Crippen LogP) is 2.29. The first kappa shape index (κ1) is 58.4. The fourth-order valence-corrected chi connectivity index (χ4v) is 28.0. The molecule has 1 atom stereocenters. The van der Waals surface area contributed by atoms with Crippen molar-refractivity contribution in [2.75, 3.05) is 84.2 Å². The predicted molar refractivity (Wildman–Crippen MR) is 239 cm³/mol. The number of carbonyl (C=O) groups excluding carboxylic acids is 2. The van der Waals surface area contributed by atoms with Gasteiger partial charge in [-0.3, -0.25) is 9.59 Å². The zero-order chi connectivity index (χ0) is 46.4. The minimum absolute atomic E-state index is 0.0140. The molecule has 2 amide bonds. The molecule has 0 bridgehead atoms. The fraction of sp³-hybridized carbons (Fsp3) is 0.742. The van der Waals surface area contributed by atoms with E-state index in [1.54, 1.807) is 31.4 Å². The van der Waals surface area contributed by atoms with Crippen molar-refractivity contribution in [3.05, 3.63) is 35.9 Å². The van der Waals surface area contributed by atoms with Gasteiger partial charge in [0.15, 0.2) is 16.6 Å². The van der Waals surface area contributed by atoms with Crippen molar-refractivity contribution in [1.29, 1.82) is 0 Å². The van der Waals surface area contributed by atoms with Crippen molar-refractivity contribution >= 4 is 93.2 Å². The number of carbonyl (C=O) groups is 2. The topological polar surface area (TPSA) is 215 Å². The van der Waals surface area contributed by atoms with E-state index in [0.29, 0.717) is 18.0 Å². The van der Waals surface area contributed by atoms with E-state index in [4.69, 9.17) is 73.1 Å². The monoisotopic (exact) mass is 1020 g/mol. The van der Waals surface area contributed by atoms with E-state index in [0.717, 1.165) is 0 Å². The summed E-state index contributed by atoms with van der Waals surface area (Å²) in [4.78, 5) is 27.7. The van der Waals surface area contributed by atoms with E-state index in [2.05, 4.69) is 49.9 Å². The highest BCUT2D eigenvalue weighted by atomic mass is 28.5. The molecule has 1 aromatic rings. The molecule has 0 aromatic heterocycles. The third-order valence-electron chi connectivity index (χ3n) is 8.07. The molecular weight excluding hydrogens is 957 g/mol. The molecule has 0 heterocycles. The molecule has 0 aliphatic rings. The maximum absolute atomic E-state index is 13.9. The largest absolute Gasteiger partial charge is 0.671 e. The van der Waals surface area contributed by atoms with Crippen LogP contribution in [0.5, 0.6) is 0 Å². The number of hydrogen-bond donors (Lipinski definition) is 2. The lowest BCUT2D eigenvalue weighted by molar-refractivity contribution is -0.131. The molecule has 0 saturated carbocycles. The van der Waals surface area contributed by atoms with Gasteiger partial charge in [-0.05, 0) is 57.7 Å². The van der Waals surface area contributed by atoms with Gasteiger partial charge in [-0.2, -0.15) is 0 Å². The third kappa shape index (κ3) is 19.8. The van der Waals surface area contributed by atoms with Crippen molar-refractivity contribution in [2.45, 2.75) is 70.1 Å². The van der Waals surface area contributed by atoms with Crippen molar-refractivity contribution in [2.24, 2.45) is 0 Å². The van der Waals surface area contributed by atoms with Crippen LogP contribution in [0.2, 0.25) is 51.4 Å². The van der Waals surface area contributed by atoms with Crippen LogP contribution < -0.4 is 10.6 Å². The second-order valence-corrected chi connectivity index (χ2v) is 40.0. The Balaban J connectivity index is 3.36. The maximum atomic E-state index is 13.9.